The third-order valence-corrected chi connectivity index (χ3v) is 2.04. The fourth-order valence-corrected chi connectivity index (χ4v) is 1.20. The van der Waals surface area contributed by atoms with Gasteiger partial charge in [0.15, 0.2) is 0 Å². The van der Waals surface area contributed by atoms with Crippen LogP contribution in [0.5, 0.6) is 11.5 Å². The summed E-state index contributed by atoms with van der Waals surface area (Å²) in [6.07, 6.45) is -5.69. The fraction of sp³-hybridized carbons (Fsp3) is 0.364. The van der Waals surface area contributed by atoms with Crippen molar-refractivity contribution in [2.45, 2.75) is 19.0 Å². The van der Waals surface area contributed by atoms with Gasteiger partial charge in [0.1, 0.15) is 17.1 Å². The predicted octanol–water partition coefficient (Wildman–Crippen LogP) is 2.60. The third kappa shape index (κ3) is 4.52. The highest BCUT2D eigenvalue weighted by Gasteiger charge is 2.26. The summed E-state index contributed by atoms with van der Waals surface area (Å²) in [4.78, 5) is 11.4. The molecule has 100 valence electrons. The van der Waals surface area contributed by atoms with Crippen molar-refractivity contribution >= 4 is 5.97 Å². The molecule has 0 unspecified atom stereocenters. The first-order valence-electron chi connectivity index (χ1n) is 5.05. The van der Waals surface area contributed by atoms with E-state index in [9.17, 15) is 23.1 Å². The first-order chi connectivity index (χ1) is 8.29. The van der Waals surface area contributed by atoms with Gasteiger partial charge in [-0.15, -0.1) is 0 Å². The molecular weight excluding hydrogens is 253 g/mol. The number of phenolic OH excluding ortho intramolecular Hbond substituents is 2. The summed E-state index contributed by atoms with van der Waals surface area (Å²) in [6, 6.07) is 3.22. The van der Waals surface area contributed by atoms with Crippen molar-refractivity contribution in [3.05, 3.63) is 23.8 Å². The lowest BCUT2D eigenvalue weighted by Crippen LogP contribution is -2.11. The first kappa shape index (κ1) is 14.1. The normalized spacial score (nSPS) is 11.3. The first-order valence-corrected chi connectivity index (χ1v) is 5.05. The topological polar surface area (TPSA) is 66.8 Å². The summed E-state index contributed by atoms with van der Waals surface area (Å²) in [5.74, 6) is -1.64. The van der Waals surface area contributed by atoms with Crippen LogP contribution >= 0.6 is 0 Å². The highest BCUT2D eigenvalue weighted by Crippen LogP contribution is 2.24. The Hall–Kier alpha value is -1.92. The van der Waals surface area contributed by atoms with Gasteiger partial charge in [0.25, 0.3) is 0 Å². The van der Waals surface area contributed by atoms with E-state index in [-0.39, 0.29) is 17.7 Å². The largest absolute Gasteiger partial charge is 0.508 e. The van der Waals surface area contributed by atoms with Crippen molar-refractivity contribution in [2.75, 3.05) is 6.61 Å². The Balaban J connectivity index is 2.48. The number of benzene rings is 1. The quantitative estimate of drug-likeness (QED) is 0.498. The number of phenols is 2. The zero-order valence-electron chi connectivity index (χ0n) is 9.20. The number of carbonyl (C=O) groups is 1. The summed E-state index contributed by atoms with van der Waals surface area (Å²) in [5, 5.41) is 18.4. The van der Waals surface area contributed by atoms with Crippen LogP contribution < -0.4 is 0 Å². The monoisotopic (exact) mass is 264 g/mol. The van der Waals surface area contributed by atoms with Crippen molar-refractivity contribution in [1.82, 2.24) is 0 Å². The van der Waals surface area contributed by atoms with Crippen molar-refractivity contribution in [3.63, 3.8) is 0 Å². The van der Waals surface area contributed by atoms with Gasteiger partial charge >= 0.3 is 12.1 Å². The molecule has 7 heteroatoms. The summed E-state index contributed by atoms with van der Waals surface area (Å²) < 4.78 is 40.0. The Bertz CT molecular complexity index is 429. The van der Waals surface area contributed by atoms with Gasteiger partial charge in [0.05, 0.1) is 6.61 Å². The lowest BCUT2D eigenvalue weighted by molar-refractivity contribution is -0.137. The van der Waals surface area contributed by atoms with Crippen molar-refractivity contribution < 1.29 is 32.9 Å². The molecule has 18 heavy (non-hydrogen) atoms. The van der Waals surface area contributed by atoms with Crippen LogP contribution in [0.1, 0.15) is 23.2 Å². The minimum Gasteiger partial charge on any atom is -0.508 e. The molecule has 4 nitrogen and oxygen atoms in total. The maximum absolute atomic E-state index is 11.8. The van der Waals surface area contributed by atoms with Gasteiger partial charge in [-0.25, -0.2) is 4.79 Å². The highest BCUT2D eigenvalue weighted by molar-refractivity contribution is 5.92. The van der Waals surface area contributed by atoms with Gasteiger partial charge in [-0.2, -0.15) is 13.2 Å². The van der Waals surface area contributed by atoms with Crippen LogP contribution in [-0.4, -0.2) is 29.0 Å². The van der Waals surface area contributed by atoms with Crippen LogP contribution in [-0.2, 0) is 4.74 Å². The number of hydrogen-bond donors (Lipinski definition) is 2. The molecule has 0 amide bonds. The maximum Gasteiger partial charge on any atom is 0.389 e. The molecular formula is C11H11F3O4. The Labute approximate surface area is 101 Å². The second-order valence-corrected chi connectivity index (χ2v) is 3.56. The standard InChI is InChI=1S/C11H11F3O4/c12-11(13,14)4-1-5-18-10(17)8-6-7(15)2-3-9(8)16/h2-3,6,15-16H,1,4-5H2. The smallest absolute Gasteiger partial charge is 0.389 e. The highest BCUT2D eigenvalue weighted by atomic mass is 19.4. The molecule has 0 fully saturated rings. The number of carbonyl (C=O) groups excluding carboxylic acids is 1. The van der Waals surface area contributed by atoms with E-state index in [0.717, 1.165) is 18.2 Å². The number of hydrogen-bond acceptors (Lipinski definition) is 4. The number of esters is 1. The third-order valence-electron chi connectivity index (χ3n) is 2.04. The zero-order valence-corrected chi connectivity index (χ0v) is 9.20. The molecule has 0 spiro atoms. The van der Waals surface area contributed by atoms with Crippen LogP contribution in [0.15, 0.2) is 18.2 Å². The second kappa shape index (κ2) is 5.61. The molecule has 0 bridgehead atoms. The predicted molar refractivity (Wildman–Crippen MR) is 55.3 cm³/mol. The molecule has 1 aromatic rings. The summed E-state index contributed by atoms with van der Waals surface area (Å²) in [6.45, 7) is -0.409. The average Bonchev–Trinajstić information content (AvgIpc) is 2.26. The van der Waals surface area contributed by atoms with E-state index >= 15 is 0 Å². The number of alkyl halides is 3. The van der Waals surface area contributed by atoms with Gasteiger partial charge in [-0.1, -0.05) is 0 Å². The van der Waals surface area contributed by atoms with Crippen LogP contribution in [0.4, 0.5) is 13.2 Å². The van der Waals surface area contributed by atoms with E-state index in [0.29, 0.717) is 0 Å². The van der Waals surface area contributed by atoms with Crippen molar-refractivity contribution in [3.8, 4) is 11.5 Å². The minimum absolute atomic E-state index is 0.255. The van der Waals surface area contributed by atoms with E-state index in [4.69, 9.17) is 5.11 Å². The number of aromatic hydroxyl groups is 2. The molecule has 0 radical (unpaired) electrons. The molecule has 0 heterocycles. The number of rotatable bonds is 4. The van der Waals surface area contributed by atoms with Gasteiger partial charge in [0.2, 0.25) is 0 Å². The van der Waals surface area contributed by atoms with Crippen LogP contribution in [0, 0.1) is 0 Å². The Morgan fingerprint density at radius 2 is 1.94 bits per heavy atom. The van der Waals surface area contributed by atoms with Crippen LogP contribution in [0.25, 0.3) is 0 Å². The number of ether oxygens (including phenoxy) is 1. The zero-order chi connectivity index (χ0) is 13.8. The molecule has 0 aliphatic heterocycles. The summed E-state index contributed by atoms with van der Waals surface area (Å²) >= 11 is 0. The van der Waals surface area contributed by atoms with E-state index in [1.807, 2.05) is 0 Å². The van der Waals surface area contributed by atoms with Crippen molar-refractivity contribution in [1.29, 1.82) is 0 Å². The van der Waals surface area contributed by atoms with E-state index in [1.54, 1.807) is 0 Å². The molecule has 1 rings (SSSR count). The van der Waals surface area contributed by atoms with E-state index < -0.39 is 30.9 Å². The molecule has 0 aromatic heterocycles. The SMILES string of the molecule is O=C(OCCCC(F)(F)F)c1cc(O)ccc1O. The Morgan fingerprint density at radius 1 is 1.28 bits per heavy atom. The lowest BCUT2D eigenvalue weighted by Gasteiger charge is -2.08. The molecule has 0 saturated carbocycles. The fourth-order valence-electron chi connectivity index (χ4n) is 1.20. The molecule has 2 N–H and O–H groups in total. The summed E-state index contributed by atoms with van der Waals surface area (Å²) in [7, 11) is 0. The van der Waals surface area contributed by atoms with Gasteiger partial charge in [0, 0.05) is 6.42 Å². The Kier molecular flexibility index (Phi) is 4.41. The van der Waals surface area contributed by atoms with Crippen LogP contribution in [0.3, 0.4) is 0 Å². The lowest BCUT2D eigenvalue weighted by atomic mass is 10.2. The second-order valence-electron chi connectivity index (χ2n) is 3.56. The van der Waals surface area contributed by atoms with E-state index in [2.05, 4.69) is 4.74 Å². The molecule has 0 atom stereocenters. The Morgan fingerprint density at radius 3 is 2.56 bits per heavy atom. The van der Waals surface area contributed by atoms with Crippen LogP contribution in [0.2, 0.25) is 0 Å². The average molecular weight is 264 g/mol. The molecule has 0 aliphatic rings. The minimum atomic E-state index is -4.29. The van der Waals surface area contributed by atoms with Gasteiger partial charge in [-0.3, -0.25) is 0 Å². The summed E-state index contributed by atoms with van der Waals surface area (Å²) in [5.41, 5.74) is -0.290. The maximum atomic E-state index is 11.8. The van der Waals surface area contributed by atoms with E-state index in [1.165, 1.54) is 0 Å². The molecule has 0 aliphatic carbocycles. The number of halogens is 3. The molecule has 1 aromatic carbocycles. The van der Waals surface area contributed by atoms with Gasteiger partial charge in [-0.05, 0) is 24.6 Å². The van der Waals surface area contributed by atoms with Gasteiger partial charge < -0.3 is 14.9 Å². The van der Waals surface area contributed by atoms with Crippen molar-refractivity contribution in [2.24, 2.45) is 0 Å². The molecule has 0 saturated heterocycles.